The van der Waals surface area contributed by atoms with Crippen molar-refractivity contribution < 1.29 is 4.52 Å². The zero-order valence-electron chi connectivity index (χ0n) is 13.7. The molecule has 1 fully saturated rings. The summed E-state index contributed by atoms with van der Waals surface area (Å²) in [6.45, 7) is 7.56. The highest BCUT2D eigenvalue weighted by Crippen LogP contribution is 2.19. The Morgan fingerprint density at radius 2 is 2.09 bits per heavy atom. The average molecular weight is 317 g/mol. The van der Waals surface area contributed by atoms with Crippen LogP contribution in [0.3, 0.4) is 0 Å². The fourth-order valence-electron chi connectivity index (χ4n) is 2.96. The highest BCUT2D eigenvalue weighted by Gasteiger charge is 2.21. The molecule has 2 aromatic heterocycles. The van der Waals surface area contributed by atoms with Gasteiger partial charge in [0.05, 0.1) is 18.6 Å². The van der Waals surface area contributed by atoms with Gasteiger partial charge in [-0.25, -0.2) is 4.98 Å². The molecule has 3 rings (SSSR count). The highest BCUT2D eigenvalue weighted by atomic mass is 16.5. The molecular weight excluding hydrogens is 294 g/mol. The first-order valence-electron chi connectivity index (χ1n) is 8.16. The van der Waals surface area contributed by atoms with Crippen LogP contribution in [0.2, 0.25) is 0 Å². The van der Waals surface area contributed by atoms with Crippen LogP contribution in [-0.2, 0) is 13.1 Å². The molecule has 0 atom stereocenters. The summed E-state index contributed by atoms with van der Waals surface area (Å²) < 4.78 is 6.50. The summed E-state index contributed by atoms with van der Waals surface area (Å²) in [4.78, 5) is 23.0. The molecule has 0 radical (unpaired) electrons. The van der Waals surface area contributed by atoms with E-state index < -0.39 is 0 Å². The van der Waals surface area contributed by atoms with Crippen LogP contribution in [0.1, 0.15) is 44.1 Å². The van der Waals surface area contributed by atoms with E-state index in [4.69, 9.17) is 4.52 Å². The molecule has 3 heterocycles. The quantitative estimate of drug-likeness (QED) is 0.835. The smallest absolute Gasteiger partial charge is 0.253 e. The van der Waals surface area contributed by atoms with Gasteiger partial charge >= 0.3 is 0 Å². The average Bonchev–Trinajstić information content (AvgIpc) is 3.04. The van der Waals surface area contributed by atoms with Crippen molar-refractivity contribution in [2.24, 2.45) is 5.92 Å². The normalized spacial score (nSPS) is 17.0. The van der Waals surface area contributed by atoms with Crippen molar-refractivity contribution in [1.82, 2.24) is 24.6 Å². The summed E-state index contributed by atoms with van der Waals surface area (Å²) in [5, 5.41) is 3.85. The third kappa shape index (κ3) is 4.04. The minimum Gasteiger partial charge on any atom is -0.343 e. The standard InChI is InChI=1S/C16H23N5O2/c1-12(2)14-7-16(22)21(10-17-14)8-13-3-5-20(6-4-13)9-15-18-11-23-19-15/h7,10-13H,3-6,8-9H2,1-2H3. The van der Waals surface area contributed by atoms with Gasteiger partial charge in [-0.05, 0) is 37.8 Å². The van der Waals surface area contributed by atoms with Crippen LogP contribution in [0.25, 0.3) is 0 Å². The molecule has 1 aliphatic heterocycles. The fourth-order valence-corrected chi connectivity index (χ4v) is 2.96. The predicted octanol–water partition coefficient (Wildman–Crippen LogP) is 1.66. The number of aromatic nitrogens is 4. The van der Waals surface area contributed by atoms with Crippen molar-refractivity contribution in [2.75, 3.05) is 13.1 Å². The summed E-state index contributed by atoms with van der Waals surface area (Å²) in [5.74, 6) is 1.53. The third-order valence-electron chi connectivity index (χ3n) is 4.43. The Morgan fingerprint density at radius 1 is 1.30 bits per heavy atom. The van der Waals surface area contributed by atoms with Gasteiger partial charge in [-0.15, -0.1) is 0 Å². The number of nitrogens with zero attached hydrogens (tertiary/aromatic N) is 5. The molecule has 0 amide bonds. The zero-order chi connectivity index (χ0) is 16.2. The van der Waals surface area contributed by atoms with Gasteiger partial charge < -0.3 is 4.52 Å². The Morgan fingerprint density at radius 3 is 2.70 bits per heavy atom. The molecule has 7 heteroatoms. The molecule has 2 aromatic rings. The van der Waals surface area contributed by atoms with Crippen LogP contribution < -0.4 is 5.56 Å². The number of hydrogen-bond donors (Lipinski definition) is 0. The minimum atomic E-state index is 0.0536. The molecule has 0 unspecified atom stereocenters. The van der Waals surface area contributed by atoms with Crippen molar-refractivity contribution >= 4 is 0 Å². The topological polar surface area (TPSA) is 77.0 Å². The van der Waals surface area contributed by atoms with E-state index >= 15 is 0 Å². The lowest BCUT2D eigenvalue weighted by Crippen LogP contribution is -2.36. The van der Waals surface area contributed by atoms with Crippen LogP contribution in [-0.4, -0.2) is 37.7 Å². The van der Waals surface area contributed by atoms with Gasteiger partial charge in [0.1, 0.15) is 0 Å². The van der Waals surface area contributed by atoms with Crippen molar-refractivity contribution in [3.05, 3.63) is 40.7 Å². The van der Waals surface area contributed by atoms with Gasteiger partial charge in [0.25, 0.3) is 5.56 Å². The molecule has 23 heavy (non-hydrogen) atoms. The minimum absolute atomic E-state index is 0.0536. The van der Waals surface area contributed by atoms with E-state index in [0.29, 0.717) is 5.92 Å². The van der Waals surface area contributed by atoms with E-state index in [1.165, 1.54) is 6.39 Å². The summed E-state index contributed by atoms with van der Waals surface area (Å²) in [7, 11) is 0. The summed E-state index contributed by atoms with van der Waals surface area (Å²) >= 11 is 0. The molecule has 7 nitrogen and oxygen atoms in total. The summed E-state index contributed by atoms with van der Waals surface area (Å²) in [6, 6.07) is 1.66. The molecule has 0 bridgehead atoms. The molecule has 1 saturated heterocycles. The molecular formula is C16H23N5O2. The molecule has 124 valence electrons. The van der Waals surface area contributed by atoms with E-state index in [9.17, 15) is 4.79 Å². The highest BCUT2D eigenvalue weighted by molar-refractivity contribution is 5.04. The first-order chi connectivity index (χ1) is 11.1. The second-order valence-corrected chi connectivity index (χ2v) is 6.53. The third-order valence-corrected chi connectivity index (χ3v) is 4.43. The molecule has 1 aliphatic rings. The van der Waals surface area contributed by atoms with Gasteiger partial charge in [0.2, 0.25) is 6.39 Å². The number of rotatable bonds is 5. The summed E-state index contributed by atoms with van der Waals surface area (Å²) in [6.07, 6.45) is 5.19. The van der Waals surface area contributed by atoms with Gasteiger partial charge in [-0.1, -0.05) is 19.0 Å². The number of piperidine rings is 1. The number of likely N-dealkylation sites (tertiary alicyclic amines) is 1. The Hall–Kier alpha value is -2.02. The second-order valence-electron chi connectivity index (χ2n) is 6.53. The van der Waals surface area contributed by atoms with Crippen molar-refractivity contribution in [1.29, 1.82) is 0 Å². The maximum Gasteiger partial charge on any atom is 0.253 e. The molecule has 0 aromatic carbocycles. The van der Waals surface area contributed by atoms with E-state index in [-0.39, 0.29) is 11.5 Å². The first kappa shape index (κ1) is 15.9. The Kier molecular flexibility index (Phi) is 4.85. The van der Waals surface area contributed by atoms with Gasteiger partial charge in [0.15, 0.2) is 5.82 Å². The summed E-state index contributed by atoms with van der Waals surface area (Å²) in [5.41, 5.74) is 0.916. The maximum absolute atomic E-state index is 12.2. The first-order valence-corrected chi connectivity index (χ1v) is 8.16. The second kappa shape index (κ2) is 7.04. The van der Waals surface area contributed by atoms with E-state index in [0.717, 1.165) is 50.5 Å². The fraction of sp³-hybridized carbons (Fsp3) is 0.625. The van der Waals surface area contributed by atoms with Crippen LogP contribution in [0.5, 0.6) is 0 Å². The molecule has 0 saturated carbocycles. The van der Waals surface area contributed by atoms with Crippen LogP contribution >= 0.6 is 0 Å². The van der Waals surface area contributed by atoms with Crippen molar-refractivity contribution in [3.63, 3.8) is 0 Å². The van der Waals surface area contributed by atoms with E-state index in [1.54, 1.807) is 17.0 Å². The van der Waals surface area contributed by atoms with Crippen molar-refractivity contribution in [3.8, 4) is 0 Å². The lowest BCUT2D eigenvalue weighted by Gasteiger charge is -2.31. The lowest BCUT2D eigenvalue weighted by molar-refractivity contribution is 0.161. The van der Waals surface area contributed by atoms with Crippen LogP contribution in [0.4, 0.5) is 0 Å². The largest absolute Gasteiger partial charge is 0.343 e. The zero-order valence-corrected chi connectivity index (χ0v) is 13.7. The van der Waals surface area contributed by atoms with Gasteiger partial charge in [0, 0.05) is 12.6 Å². The molecule has 0 N–H and O–H groups in total. The Labute approximate surface area is 135 Å². The van der Waals surface area contributed by atoms with Crippen LogP contribution in [0, 0.1) is 5.92 Å². The number of hydrogen-bond acceptors (Lipinski definition) is 6. The predicted molar refractivity (Wildman–Crippen MR) is 84.9 cm³/mol. The van der Waals surface area contributed by atoms with Gasteiger partial charge in [-0.2, -0.15) is 4.98 Å². The van der Waals surface area contributed by atoms with E-state index in [1.807, 2.05) is 13.8 Å². The SMILES string of the molecule is CC(C)c1cc(=O)n(CC2CCN(Cc3ncon3)CC2)cn1. The maximum atomic E-state index is 12.2. The van der Waals surface area contributed by atoms with Gasteiger partial charge in [-0.3, -0.25) is 14.3 Å². The Balaban J connectivity index is 1.53. The molecule has 0 spiro atoms. The van der Waals surface area contributed by atoms with E-state index in [2.05, 4.69) is 20.0 Å². The molecule has 0 aliphatic carbocycles. The van der Waals surface area contributed by atoms with Crippen molar-refractivity contribution in [2.45, 2.75) is 45.7 Å². The monoisotopic (exact) mass is 317 g/mol. The Bertz CT molecular complexity index is 672. The lowest BCUT2D eigenvalue weighted by atomic mass is 9.96. The van der Waals surface area contributed by atoms with Crippen LogP contribution in [0.15, 0.2) is 28.1 Å².